The van der Waals surface area contributed by atoms with Gasteiger partial charge in [0.1, 0.15) is 19.4 Å². The molecule has 0 fully saturated rings. The van der Waals surface area contributed by atoms with Crippen LogP contribution in [0.4, 0.5) is 26.3 Å². The molecular formula is C24H22ClF6N7O3. The third-order valence-corrected chi connectivity index (χ3v) is 6.20. The molecule has 0 spiro atoms. The summed E-state index contributed by atoms with van der Waals surface area (Å²) in [5.41, 5.74) is -0.731. The number of rotatable bonds is 8. The zero-order chi connectivity index (χ0) is 30.2. The summed E-state index contributed by atoms with van der Waals surface area (Å²) in [6, 6.07) is 5.64. The van der Waals surface area contributed by atoms with E-state index in [0.717, 1.165) is 15.7 Å². The van der Waals surface area contributed by atoms with Gasteiger partial charge in [-0.1, -0.05) is 30.4 Å². The maximum Gasteiger partial charge on any atom is 0.416 e. The molecule has 41 heavy (non-hydrogen) atoms. The molecule has 0 aliphatic heterocycles. The van der Waals surface area contributed by atoms with Gasteiger partial charge in [-0.05, 0) is 25.5 Å². The number of para-hydroxylation sites is 1. The molecule has 17 heteroatoms. The first-order valence-electron chi connectivity index (χ1n) is 11.9. The number of aliphatic hydroxyl groups is 1. The number of benzene rings is 1. The number of hydrogen-bond donors (Lipinski definition) is 2. The minimum absolute atomic E-state index is 0.0494. The van der Waals surface area contributed by atoms with Gasteiger partial charge in [0.15, 0.2) is 17.8 Å². The van der Waals surface area contributed by atoms with Crippen LogP contribution in [0.3, 0.4) is 0 Å². The number of halogens is 7. The molecule has 2 N–H and O–H groups in total. The Morgan fingerprint density at radius 1 is 1.20 bits per heavy atom. The smallest absolute Gasteiger partial charge is 0.382 e. The number of carbonyl (C=O) groups is 1. The van der Waals surface area contributed by atoms with Crippen molar-refractivity contribution in [1.82, 2.24) is 34.4 Å². The SMILES string of the molecule is CC1(Cl)C=CC(c2nn(Cc3ncn(-c4ccccc4C(=O)NCC(F)(F)F)n3)c(=O)n2C[C@@H](O)C(F)(F)F)=CC1. The zero-order valence-corrected chi connectivity index (χ0v) is 21.9. The maximum atomic E-state index is 13.1. The third kappa shape index (κ3) is 7.24. The van der Waals surface area contributed by atoms with Gasteiger partial charge in [-0.3, -0.25) is 9.36 Å². The molecule has 2 aromatic heterocycles. The third-order valence-electron chi connectivity index (χ3n) is 5.92. The number of aliphatic hydroxyl groups excluding tert-OH is 1. The van der Waals surface area contributed by atoms with Crippen LogP contribution in [0.25, 0.3) is 11.3 Å². The largest absolute Gasteiger partial charge is 0.416 e. The summed E-state index contributed by atoms with van der Waals surface area (Å²) in [6.45, 7) is -1.36. The van der Waals surface area contributed by atoms with E-state index in [9.17, 15) is 41.0 Å². The van der Waals surface area contributed by atoms with E-state index in [4.69, 9.17) is 11.6 Å². The first kappa shape index (κ1) is 30.0. The highest BCUT2D eigenvalue weighted by Gasteiger charge is 2.39. The van der Waals surface area contributed by atoms with E-state index in [1.54, 1.807) is 24.4 Å². The van der Waals surface area contributed by atoms with E-state index in [0.29, 0.717) is 16.6 Å². The number of alkyl halides is 7. The average molecular weight is 606 g/mol. The first-order valence-corrected chi connectivity index (χ1v) is 12.3. The van der Waals surface area contributed by atoms with Gasteiger partial charge in [-0.2, -0.15) is 26.3 Å². The lowest BCUT2D eigenvalue weighted by Gasteiger charge is -2.20. The molecule has 1 unspecified atom stereocenters. The predicted octanol–water partition coefficient (Wildman–Crippen LogP) is 3.23. The van der Waals surface area contributed by atoms with Gasteiger partial charge in [-0.25, -0.2) is 19.1 Å². The summed E-state index contributed by atoms with van der Waals surface area (Å²) in [5.74, 6) is -1.21. The van der Waals surface area contributed by atoms with Crippen LogP contribution in [0.5, 0.6) is 0 Å². The molecule has 1 aromatic carbocycles. The summed E-state index contributed by atoms with van der Waals surface area (Å²) < 4.78 is 79.6. The van der Waals surface area contributed by atoms with Crippen molar-refractivity contribution in [2.75, 3.05) is 6.54 Å². The molecule has 4 rings (SSSR count). The van der Waals surface area contributed by atoms with Gasteiger partial charge in [0, 0.05) is 5.57 Å². The van der Waals surface area contributed by atoms with Crippen molar-refractivity contribution in [3.8, 4) is 5.69 Å². The van der Waals surface area contributed by atoms with Gasteiger partial charge < -0.3 is 10.4 Å². The molecule has 2 atom stereocenters. The molecular weight excluding hydrogens is 584 g/mol. The van der Waals surface area contributed by atoms with E-state index in [-0.39, 0.29) is 22.9 Å². The van der Waals surface area contributed by atoms with Crippen molar-refractivity contribution in [1.29, 1.82) is 0 Å². The van der Waals surface area contributed by atoms with E-state index in [1.165, 1.54) is 30.3 Å². The number of amides is 1. The molecule has 10 nitrogen and oxygen atoms in total. The topological polar surface area (TPSA) is 120 Å². The highest BCUT2D eigenvalue weighted by molar-refractivity contribution is 6.25. The Morgan fingerprint density at radius 3 is 2.54 bits per heavy atom. The highest BCUT2D eigenvalue weighted by Crippen LogP contribution is 2.30. The van der Waals surface area contributed by atoms with Crippen LogP contribution in [-0.2, 0) is 13.1 Å². The van der Waals surface area contributed by atoms with Crippen LogP contribution in [0.1, 0.15) is 35.4 Å². The van der Waals surface area contributed by atoms with Crippen molar-refractivity contribution >= 4 is 23.1 Å². The number of carbonyl (C=O) groups excluding carboxylic acids is 1. The number of nitrogens with zero attached hydrogens (tertiary/aromatic N) is 6. The summed E-state index contributed by atoms with van der Waals surface area (Å²) in [5, 5.41) is 19.7. The molecule has 2 heterocycles. The predicted molar refractivity (Wildman–Crippen MR) is 133 cm³/mol. The molecule has 1 amide bonds. The van der Waals surface area contributed by atoms with Crippen molar-refractivity contribution in [2.24, 2.45) is 0 Å². The molecule has 3 aromatic rings. The first-order chi connectivity index (χ1) is 19.0. The number of hydrogen-bond acceptors (Lipinski definition) is 6. The van der Waals surface area contributed by atoms with Crippen LogP contribution in [-0.4, -0.2) is 70.0 Å². The summed E-state index contributed by atoms with van der Waals surface area (Å²) >= 11 is 6.27. The molecule has 1 aliphatic carbocycles. The van der Waals surface area contributed by atoms with Crippen LogP contribution in [0, 0.1) is 0 Å². The second-order valence-corrected chi connectivity index (χ2v) is 10.2. The standard InChI is InChI=1S/C24H22ClF6N7O3/c1-22(25)8-6-14(7-9-22)19-35-37(21(41)36(19)10-17(39)24(29,30)31)11-18-33-13-38(34-18)16-5-3-2-4-15(16)20(40)32-12-23(26,27)28/h2-8,13,17,39H,9-12H2,1H3,(H,32,40)/t17-,22?/m1/s1. The van der Waals surface area contributed by atoms with Crippen LogP contribution < -0.4 is 11.0 Å². The summed E-state index contributed by atoms with van der Waals surface area (Å²) in [4.78, 5) is 28.8. The maximum absolute atomic E-state index is 13.1. The van der Waals surface area contributed by atoms with Crippen molar-refractivity contribution in [3.05, 3.63) is 76.5 Å². The quantitative estimate of drug-likeness (QED) is 0.301. The van der Waals surface area contributed by atoms with Gasteiger partial charge in [0.25, 0.3) is 5.91 Å². The summed E-state index contributed by atoms with van der Waals surface area (Å²) in [6.07, 6.45) is -6.31. The normalized spacial score (nSPS) is 18.3. The average Bonchev–Trinajstić information content (AvgIpc) is 3.47. The minimum Gasteiger partial charge on any atom is -0.382 e. The van der Waals surface area contributed by atoms with Crippen molar-refractivity contribution < 1.29 is 36.2 Å². The Balaban J connectivity index is 1.64. The zero-order valence-electron chi connectivity index (χ0n) is 21.1. The Hall–Kier alpha value is -3.92. The molecule has 1 aliphatic rings. The lowest BCUT2D eigenvalue weighted by molar-refractivity contribution is -0.207. The minimum atomic E-state index is -5.00. The molecule has 0 radical (unpaired) electrons. The lowest BCUT2D eigenvalue weighted by Crippen LogP contribution is -2.37. The van der Waals surface area contributed by atoms with Crippen molar-refractivity contribution in [2.45, 2.75) is 49.8 Å². The second-order valence-electron chi connectivity index (χ2n) is 9.33. The summed E-state index contributed by atoms with van der Waals surface area (Å²) in [7, 11) is 0. The van der Waals surface area contributed by atoms with E-state index < -0.39 is 54.6 Å². The highest BCUT2D eigenvalue weighted by atomic mass is 35.5. The molecule has 220 valence electrons. The van der Waals surface area contributed by atoms with Gasteiger partial charge >= 0.3 is 18.0 Å². The van der Waals surface area contributed by atoms with Crippen LogP contribution >= 0.6 is 11.6 Å². The van der Waals surface area contributed by atoms with Crippen LogP contribution in [0.15, 0.2) is 53.6 Å². The fraction of sp³-hybridized carbons (Fsp3) is 0.375. The molecule has 0 saturated heterocycles. The Kier molecular flexibility index (Phi) is 8.18. The van der Waals surface area contributed by atoms with Crippen LogP contribution in [0.2, 0.25) is 0 Å². The number of aromatic nitrogens is 6. The van der Waals surface area contributed by atoms with Gasteiger partial charge in [0.05, 0.1) is 22.7 Å². The Bertz CT molecular complexity index is 1550. The van der Waals surface area contributed by atoms with E-state index in [2.05, 4.69) is 15.2 Å². The Labute approximate surface area is 232 Å². The van der Waals surface area contributed by atoms with Gasteiger partial charge in [-0.15, -0.1) is 21.8 Å². The fourth-order valence-electron chi connectivity index (χ4n) is 3.83. The van der Waals surface area contributed by atoms with Gasteiger partial charge in [0.2, 0.25) is 0 Å². The fourth-order valence-corrected chi connectivity index (χ4v) is 3.97. The number of allylic oxidation sites excluding steroid dienone is 4. The van der Waals surface area contributed by atoms with E-state index in [1.807, 2.05) is 0 Å². The Morgan fingerprint density at radius 2 is 1.90 bits per heavy atom. The van der Waals surface area contributed by atoms with Crippen molar-refractivity contribution in [3.63, 3.8) is 0 Å². The molecule has 0 bridgehead atoms. The number of nitrogens with one attached hydrogen (secondary N) is 1. The lowest BCUT2D eigenvalue weighted by atomic mass is 9.97. The second kappa shape index (κ2) is 11.2. The molecule has 0 saturated carbocycles. The monoisotopic (exact) mass is 605 g/mol. The van der Waals surface area contributed by atoms with E-state index >= 15 is 0 Å².